The van der Waals surface area contributed by atoms with E-state index in [-0.39, 0.29) is 18.1 Å². The van der Waals surface area contributed by atoms with Crippen LogP contribution in [0.3, 0.4) is 0 Å². The Balaban J connectivity index is 1.81. The standard InChI is InChI=1S/C14H11F4N5O/c15-10-12(11(16)14(18)22-13(10)17)21-7-1-2-8(20-5-7)23-4-3-19-9(24)6-23/h1-2,5H,3-4,6H2,(H,19,24)(H,21,22). The van der Waals surface area contributed by atoms with Crippen molar-refractivity contribution in [1.82, 2.24) is 15.3 Å². The van der Waals surface area contributed by atoms with Gasteiger partial charge in [-0.05, 0) is 12.1 Å². The Kier molecular flexibility index (Phi) is 4.19. The van der Waals surface area contributed by atoms with Gasteiger partial charge in [0.15, 0.2) is 0 Å². The van der Waals surface area contributed by atoms with Crippen LogP contribution in [0.5, 0.6) is 0 Å². The minimum absolute atomic E-state index is 0.114. The molecule has 1 aliphatic rings. The van der Waals surface area contributed by atoms with Crippen LogP contribution in [0, 0.1) is 23.5 Å². The number of piperazine rings is 1. The molecular weight excluding hydrogens is 330 g/mol. The number of amides is 1. The minimum Gasteiger partial charge on any atom is -0.353 e. The van der Waals surface area contributed by atoms with Crippen LogP contribution in [-0.4, -0.2) is 35.5 Å². The zero-order valence-corrected chi connectivity index (χ0v) is 12.1. The number of nitrogens with one attached hydrogen (secondary N) is 2. The molecular formula is C14H11F4N5O. The lowest BCUT2D eigenvalue weighted by Crippen LogP contribution is -2.48. The van der Waals surface area contributed by atoms with E-state index in [9.17, 15) is 22.4 Å². The molecule has 0 aromatic carbocycles. The third-order valence-corrected chi connectivity index (χ3v) is 3.38. The highest BCUT2D eigenvalue weighted by molar-refractivity contribution is 5.82. The molecule has 10 heteroatoms. The fourth-order valence-corrected chi connectivity index (χ4v) is 2.22. The van der Waals surface area contributed by atoms with Crippen molar-refractivity contribution < 1.29 is 22.4 Å². The summed E-state index contributed by atoms with van der Waals surface area (Å²) in [5.41, 5.74) is -0.880. The van der Waals surface area contributed by atoms with Crippen molar-refractivity contribution in [3.8, 4) is 0 Å². The summed E-state index contributed by atoms with van der Waals surface area (Å²) in [5.74, 6) is -6.42. The molecule has 0 atom stereocenters. The van der Waals surface area contributed by atoms with Gasteiger partial charge in [0.1, 0.15) is 11.5 Å². The number of hydrogen-bond donors (Lipinski definition) is 2. The largest absolute Gasteiger partial charge is 0.353 e. The second kappa shape index (κ2) is 6.30. The SMILES string of the molecule is O=C1CN(c2ccc(Nc3c(F)c(F)nc(F)c3F)cn2)CCN1. The van der Waals surface area contributed by atoms with Crippen LogP contribution in [0.25, 0.3) is 0 Å². The molecule has 0 bridgehead atoms. The van der Waals surface area contributed by atoms with Gasteiger partial charge in [-0.2, -0.15) is 22.5 Å². The van der Waals surface area contributed by atoms with Crippen LogP contribution in [0.2, 0.25) is 0 Å². The fraction of sp³-hybridized carbons (Fsp3) is 0.214. The van der Waals surface area contributed by atoms with Crippen molar-refractivity contribution in [2.75, 3.05) is 29.9 Å². The highest BCUT2D eigenvalue weighted by atomic mass is 19.2. The van der Waals surface area contributed by atoms with E-state index >= 15 is 0 Å². The van der Waals surface area contributed by atoms with Gasteiger partial charge in [0.05, 0.1) is 18.4 Å². The van der Waals surface area contributed by atoms with Crippen LogP contribution >= 0.6 is 0 Å². The van der Waals surface area contributed by atoms with Crippen molar-refractivity contribution >= 4 is 23.1 Å². The lowest BCUT2D eigenvalue weighted by Gasteiger charge is -2.27. The van der Waals surface area contributed by atoms with E-state index < -0.39 is 29.2 Å². The van der Waals surface area contributed by atoms with E-state index in [4.69, 9.17) is 0 Å². The molecule has 1 saturated heterocycles. The molecule has 2 aromatic heterocycles. The van der Waals surface area contributed by atoms with Gasteiger partial charge < -0.3 is 15.5 Å². The number of rotatable bonds is 3. The number of carbonyl (C=O) groups excluding carboxylic acids is 1. The van der Waals surface area contributed by atoms with Crippen molar-refractivity contribution in [3.63, 3.8) is 0 Å². The Hall–Kier alpha value is -2.91. The first-order valence-electron chi connectivity index (χ1n) is 6.90. The molecule has 0 saturated carbocycles. The number of hydrogen-bond acceptors (Lipinski definition) is 5. The summed E-state index contributed by atoms with van der Waals surface area (Å²) in [5, 5.41) is 4.90. The second-order valence-electron chi connectivity index (χ2n) is 5.00. The maximum absolute atomic E-state index is 13.6. The molecule has 126 valence electrons. The zero-order valence-electron chi connectivity index (χ0n) is 12.1. The van der Waals surface area contributed by atoms with Crippen LogP contribution in [-0.2, 0) is 4.79 Å². The van der Waals surface area contributed by atoms with Gasteiger partial charge in [0, 0.05) is 13.1 Å². The first-order chi connectivity index (χ1) is 11.5. The number of aromatic nitrogens is 2. The van der Waals surface area contributed by atoms with E-state index in [1.54, 1.807) is 4.90 Å². The van der Waals surface area contributed by atoms with Gasteiger partial charge in [0.2, 0.25) is 17.5 Å². The Labute approximate surface area is 133 Å². The number of anilines is 3. The van der Waals surface area contributed by atoms with Gasteiger partial charge in [-0.1, -0.05) is 0 Å². The molecule has 2 aromatic rings. The van der Waals surface area contributed by atoms with E-state index in [1.165, 1.54) is 18.3 Å². The number of carbonyl (C=O) groups is 1. The Morgan fingerprint density at radius 3 is 2.42 bits per heavy atom. The summed E-state index contributed by atoms with van der Waals surface area (Å²) >= 11 is 0. The molecule has 6 nitrogen and oxygen atoms in total. The quantitative estimate of drug-likeness (QED) is 0.657. The minimum atomic E-state index is -1.75. The summed E-state index contributed by atoms with van der Waals surface area (Å²) < 4.78 is 53.3. The average Bonchev–Trinajstić information content (AvgIpc) is 2.57. The molecule has 3 rings (SSSR count). The van der Waals surface area contributed by atoms with Crippen molar-refractivity contribution in [3.05, 3.63) is 41.9 Å². The lowest BCUT2D eigenvalue weighted by atomic mass is 10.3. The highest BCUT2D eigenvalue weighted by Gasteiger charge is 2.21. The molecule has 0 aliphatic carbocycles. The zero-order chi connectivity index (χ0) is 17.3. The molecule has 1 fully saturated rings. The summed E-state index contributed by atoms with van der Waals surface area (Å²) in [6.45, 7) is 1.19. The summed E-state index contributed by atoms with van der Waals surface area (Å²) in [4.78, 5) is 19.6. The molecule has 1 aliphatic heterocycles. The number of pyridine rings is 2. The Bertz CT molecular complexity index is 757. The average molecular weight is 341 g/mol. The maximum Gasteiger partial charge on any atom is 0.253 e. The van der Waals surface area contributed by atoms with Gasteiger partial charge in [-0.15, -0.1) is 0 Å². The number of nitrogens with zero attached hydrogens (tertiary/aromatic N) is 3. The van der Waals surface area contributed by atoms with E-state index in [2.05, 4.69) is 20.6 Å². The first kappa shape index (κ1) is 16.0. The Morgan fingerprint density at radius 2 is 1.83 bits per heavy atom. The molecule has 0 radical (unpaired) electrons. The van der Waals surface area contributed by atoms with Crippen molar-refractivity contribution in [2.45, 2.75) is 0 Å². The number of halogens is 4. The van der Waals surface area contributed by atoms with Crippen LogP contribution in [0.1, 0.15) is 0 Å². The van der Waals surface area contributed by atoms with Crippen molar-refractivity contribution in [2.24, 2.45) is 0 Å². The first-order valence-corrected chi connectivity index (χ1v) is 6.90. The third-order valence-electron chi connectivity index (χ3n) is 3.38. The topological polar surface area (TPSA) is 70.2 Å². The molecule has 24 heavy (non-hydrogen) atoms. The molecule has 2 N–H and O–H groups in total. The van der Waals surface area contributed by atoms with E-state index in [1.807, 2.05) is 0 Å². The molecule has 0 unspecified atom stereocenters. The van der Waals surface area contributed by atoms with Gasteiger partial charge in [-0.3, -0.25) is 4.79 Å². The monoisotopic (exact) mass is 341 g/mol. The van der Waals surface area contributed by atoms with Crippen molar-refractivity contribution in [1.29, 1.82) is 0 Å². The third kappa shape index (κ3) is 3.07. The smallest absolute Gasteiger partial charge is 0.253 e. The summed E-state index contributed by atoms with van der Waals surface area (Å²) in [7, 11) is 0. The predicted molar refractivity (Wildman–Crippen MR) is 76.8 cm³/mol. The van der Waals surface area contributed by atoms with Gasteiger partial charge in [-0.25, -0.2) is 4.98 Å². The fourth-order valence-electron chi connectivity index (χ4n) is 2.22. The van der Waals surface area contributed by atoms with Crippen LogP contribution in [0.4, 0.5) is 34.8 Å². The molecule has 3 heterocycles. The molecule has 0 spiro atoms. The highest BCUT2D eigenvalue weighted by Crippen LogP contribution is 2.26. The van der Waals surface area contributed by atoms with Crippen LogP contribution in [0.15, 0.2) is 18.3 Å². The predicted octanol–water partition coefficient (Wildman–Crippen LogP) is 1.71. The Morgan fingerprint density at radius 1 is 1.12 bits per heavy atom. The normalized spacial score (nSPS) is 14.5. The maximum atomic E-state index is 13.6. The van der Waals surface area contributed by atoms with Gasteiger partial charge >= 0.3 is 0 Å². The van der Waals surface area contributed by atoms with Gasteiger partial charge in [0.25, 0.3) is 11.9 Å². The lowest BCUT2D eigenvalue weighted by molar-refractivity contribution is -0.120. The summed E-state index contributed by atoms with van der Waals surface area (Å²) in [6.07, 6.45) is 1.23. The van der Waals surface area contributed by atoms with E-state index in [0.29, 0.717) is 18.9 Å². The van der Waals surface area contributed by atoms with Crippen LogP contribution < -0.4 is 15.5 Å². The van der Waals surface area contributed by atoms with E-state index in [0.717, 1.165) is 0 Å². The second-order valence-corrected chi connectivity index (χ2v) is 5.00. The molecule has 1 amide bonds. The summed E-state index contributed by atoms with van der Waals surface area (Å²) in [6, 6.07) is 2.94.